The van der Waals surface area contributed by atoms with Crippen LogP contribution < -0.4 is 4.72 Å². The van der Waals surface area contributed by atoms with Crippen LogP contribution in [-0.2, 0) is 21.2 Å². The van der Waals surface area contributed by atoms with E-state index < -0.39 is 22.0 Å². The number of nitrogens with zero attached hydrogens (tertiary/aromatic N) is 1. The first-order valence-corrected chi connectivity index (χ1v) is 8.87. The van der Waals surface area contributed by atoms with E-state index in [9.17, 15) is 18.3 Å². The molecule has 0 unspecified atom stereocenters. The fraction of sp³-hybridized carbons (Fsp3) is 0.273. The molecule has 2 rings (SSSR count). The molecule has 2 aromatic rings. The fourth-order valence-electron chi connectivity index (χ4n) is 1.61. The Kier molecular flexibility index (Phi) is 4.81. The van der Waals surface area contributed by atoms with Crippen LogP contribution in [0.5, 0.6) is 0 Å². The molecule has 7 nitrogen and oxygen atoms in total. The van der Waals surface area contributed by atoms with Crippen LogP contribution in [0, 0.1) is 6.92 Å². The first-order chi connectivity index (χ1) is 9.79. The molecule has 0 aliphatic heterocycles. The molecule has 0 amide bonds. The number of imidazole rings is 1. The number of aromatic nitrogens is 2. The van der Waals surface area contributed by atoms with Crippen molar-refractivity contribution >= 4 is 43.3 Å². The van der Waals surface area contributed by atoms with E-state index in [1.165, 1.54) is 18.6 Å². The number of sulfonamides is 1. The molecule has 21 heavy (non-hydrogen) atoms. The van der Waals surface area contributed by atoms with Crippen molar-refractivity contribution in [1.82, 2.24) is 14.7 Å². The summed E-state index contributed by atoms with van der Waals surface area (Å²) in [5.74, 6) is -1.25. The second kappa shape index (κ2) is 6.26. The van der Waals surface area contributed by atoms with E-state index in [4.69, 9.17) is 0 Å². The first-order valence-electron chi connectivity index (χ1n) is 5.78. The van der Waals surface area contributed by atoms with Crippen molar-refractivity contribution in [3.8, 4) is 0 Å². The molecule has 0 fully saturated rings. The Morgan fingerprint density at radius 2 is 2.33 bits per heavy atom. The van der Waals surface area contributed by atoms with Crippen LogP contribution in [0.25, 0.3) is 0 Å². The van der Waals surface area contributed by atoms with Crippen molar-refractivity contribution in [3.05, 3.63) is 33.6 Å². The summed E-state index contributed by atoms with van der Waals surface area (Å²) in [5, 5.41) is 9.18. The minimum atomic E-state index is -3.89. The van der Waals surface area contributed by atoms with Crippen LogP contribution in [0.15, 0.2) is 26.6 Å². The Labute approximate surface area is 133 Å². The van der Waals surface area contributed by atoms with E-state index in [-0.39, 0.29) is 10.6 Å². The Hall–Kier alpha value is -1.23. The van der Waals surface area contributed by atoms with Gasteiger partial charge in [0.1, 0.15) is 10.3 Å². The number of rotatable bonds is 6. The van der Waals surface area contributed by atoms with Crippen molar-refractivity contribution < 1.29 is 18.3 Å². The van der Waals surface area contributed by atoms with Gasteiger partial charge in [-0.1, -0.05) is 0 Å². The van der Waals surface area contributed by atoms with Crippen LogP contribution in [0.2, 0.25) is 0 Å². The molecule has 10 heteroatoms. The predicted molar refractivity (Wildman–Crippen MR) is 80.8 cm³/mol. The summed E-state index contributed by atoms with van der Waals surface area (Å²) >= 11 is 4.29. The number of carboxylic acid groups (broad SMARTS) is 1. The molecule has 0 aromatic carbocycles. The highest BCUT2D eigenvalue weighted by molar-refractivity contribution is 9.11. The standard InChI is InChI=1S/C11H12BrN3O4S2/c1-6-2-9(20-10(6)12)21(18,19)15-8(11(16)17)3-7-4-13-5-14-7/h2,4-5,8,15H,3H2,1H3,(H,13,14)(H,16,17)/t8-/m1/s1. The predicted octanol–water partition coefficient (Wildman–Crippen LogP) is 1.52. The number of hydrogen-bond donors (Lipinski definition) is 3. The summed E-state index contributed by atoms with van der Waals surface area (Å²) in [6, 6.07) is 0.225. The molecule has 0 spiro atoms. The minimum absolute atomic E-state index is 0.0138. The molecule has 0 aliphatic rings. The quantitative estimate of drug-likeness (QED) is 0.688. The number of thiophene rings is 1. The van der Waals surface area contributed by atoms with Gasteiger partial charge in [-0.05, 0) is 34.5 Å². The van der Waals surface area contributed by atoms with E-state index in [1.807, 2.05) is 0 Å². The average molecular weight is 394 g/mol. The maximum atomic E-state index is 12.2. The smallest absolute Gasteiger partial charge is 0.322 e. The van der Waals surface area contributed by atoms with E-state index in [2.05, 4.69) is 30.6 Å². The van der Waals surface area contributed by atoms with Crippen LogP contribution in [0.4, 0.5) is 0 Å². The number of nitrogens with one attached hydrogen (secondary N) is 2. The van der Waals surface area contributed by atoms with Gasteiger partial charge in [0.25, 0.3) is 10.0 Å². The van der Waals surface area contributed by atoms with Gasteiger partial charge in [0, 0.05) is 18.3 Å². The molecule has 1 atom stereocenters. The monoisotopic (exact) mass is 393 g/mol. The van der Waals surface area contributed by atoms with Crippen LogP contribution in [-0.4, -0.2) is 35.5 Å². The molecular formula is C11H12BrN3O4S2. The van der Waals surface area contributed by atoms with Crippen molar-refractivity contribution in [1.29, 1.82) is 0 Å². The lowest BCUT2D eigenvalue weighted by atomic mass is 10.2. The maximum absolute atomic E-state index is 12.2. The van der Waals surface area contributed by atoms with Gasteiger partial charge in [-0.2, -0.15) is 4.72 Å². The SMILES string of the molecule is Cc1cc(S(=O)(=O)N[C@H](Cc2cnc[nH]2)C(=O)O)sc1Br. The molecule has 2 aromatic heterocycles. The normalized spacial score (nSPS) is 13.2. The number of carbonyl (C=O) groups is 1. The van der Waals surface area contributed by atoms with Crippen LogP contribution >= 0.6 is 27.3 Å². The number of aliphatic carboxylic acids is 1. The number of aromatic amines is 1. The van der Waals surface area contributed by atoms with Gasteiger partial charge in [0.05, 0.1) is 10.1 Å². The molecule has 2 heterocycles. The number of H-pyrrole nitrogens is 1. The zero-order valence-electron chi connectivity index (χ0n) is 10.8. The second-order valence-electron chi connectivity index (χ2n) is 4.32. The zero-order chi connectivity index (χ0) is 15.6. The highest BCUT2D eigenvalue weighted by atomic mass is 79.9. The van der Waals surface area contributed by atoms with E-state index in [0.29, 0.717) is 9.48 Å². The maximum Gasteiger partial charge on any atom is 0.322 e. The summed E-state index contributed by atoms with van der Waals surface area (Å²) < 4.78 is 27.4. The van der Waals surface area contributed by atoms with E-state index in [0.717, 1.165) is 16.9 Å². The third-order valence-corrected chi connectivity index (χ3v) is 6.76. The Balaban J connectivity index is 2.21. The van der Waals surface area contributed by atoms with Gasteiger partial charge in [-0.3, -0.25) is 4.79 Å². The summed E-state index contributed by atoms with van der Waals surface area (Å²) in [5.41, 5.74) is 1.31. The largest absolute Gasteiger partial charge is 0.480 e. The highest BCUT2D eigenvalue weighted by Crippen LogP contribution is 2.30. The third kappa shape index (κ3) is 3.90. The lowest BCUT2D eigenvalue weighted by Gasteiger charge is -2.13. The van der Waals surface area contributed by atoms with Gasteiger partial charge in [0.2, 0.25) is 0 Å². The Bertz CT molecular complexity index is 720. The molecule has 114 valence electrons. The van der Waals surface area contributed by atoms with E-state index in [1.54, 1.807) is 6.92 Å². The molecular weight excluding hydrogens is 382 g/mol. The Morgan fingerprint density at radius 1 is 1.62 bits per heavy atom. The summed E-state index contributed by atoms with van der Waals surface area (Å²) in [4.78, 5) is 17.8. The van der Waals surface area contributed by atoms with Gasteiger partial charge >= 0.3 is 5.97 Å². The lowest BCUT2D eigenvalue weighted by Crippen LogP contribution is -2.42. The molecule has 0 aliphatic carbocycles. The van der Waals surface area contributed by atoms with Gasteiger partial charge in [-0.25, -0.2) is 13.4 Å². The number of halogens is 1. The molecule has 0 saturated carbocycles. The van der Waals surface area contributed by atoms with Crippen LogP contribution in [0.3, 0.4) is 0 Å². The fourth-order valence-corrected chi connectivity index (χ4v) is 5.04. The van der Waals surface area contributed by atoms with Crippen LogP contribution in [0.1, 0.15) is 11.3 Å². The third-order valence-electron chi connectivity index (χ3n) is 2.67. The van der Waals surface area contributed by atoms with Crippen molar-refractivity contribution in [3.63, 3.8) is 0 Å². The number of aryl methyl sites for hydroxylation is 1. The average Bonchev–Trinajstić information content (AvgIpc) is 3.00. The van der Waals surface area contributed by atoms with E-state index >= 15 is 0 Å². The Morgan fingerprint density at radius 3 is 2.81 bits per heavy atom. The van der Waals surface area contributed by atoms with Gasteiger partial charge in [-0.15, -0.1) is 11.3 Å². The first kappa shape index (κ1) is 16.1. The summed E-state index contributed by atoms with van der Waals surface area (Å²) in [6.45, 7) is 1.76. The van der Waals surface area contributed by atoms with Crippen molar-refractivity contribution in [2.75, 3.05) is 0 Å². The molecule has 0 radical (unpaired) electrons. The van der Waals surface area contributed by atoms with Crippen molar-refractivity contribution in [2.45, 2.75) is 23.6 Å². The van der Waals surface area contributed by atoms with Crippen molar-refractivity contribution in [2.24, 2.45) is 0 Å². The highest BCUT2D eigenvalue weighted by Gasteiger charge is 2.27. The summed E-state index contributed by atoms with van der Waals surface area (Å²) in [7, 11) is -3.89. The van der Waals surface area contributed by atoms with Gasteiger partial charge in [0.15, 0.2) is 0 Å². The number of carboxylic acids is 1. The topological polar surface area (TPSA) is 112 Å². The molecule has 0 saturated heterocycles. The lowest BCUT2D eigenvalue weighted by molar-refractivity contribution is -0.138. The summed E-state index contributed by atoms with van der Waals surface area (Å²) in [6.07, 6.45) is 2.85. The van der Waals surface area contributed by atoms with Gasteiger partial charge < -0.3 is 10.1 Å². The molecule has 3 N–H and O–H groups in total. The number of hydrogen-bond acceptors (Lipinski definition) is 5. The second-order valence-corrected chi connectivity index (χ2v) is 8.63. The molecule has 0 bridgehead atoms. The minimum Gasteiger partial charge on any atom is -0.480 e. The zero-order valence-corrected chi connectivity index (χ0v) is 14.0.